The molecule has 0 unspecified atom stereocenters. The number of hydrogen-bond acceptors (Lipinski definition) is 3. The fraction of sp³-hybridized carbons (Fsp3) is 0.417. The summed E-state index contributed by atoms with van der Waals surface area (Å²) in [6, 6.07) is 15.1. The number of carbonyl (C=O) groups is 2. The molecule has 0 aliphatic heterocycles. The Bertz CT molecular complexity index is 818. The fourth-order valence-electron chi connectivity index (χ4n) is 2.88. The van der Waals surface area contributed by atoms with Crippen molar-refractivity contribution in [3.63, 3.8) is 0 Å². The lowest BCUT2D eigenvalue weighted by atomic mass is 9.87. The second kappa shape index (κ2) is 9.05. The highest BCUT2D eigenvalue weighted by Crippen LogP contribution is 2.27. The van der Waals surface area contributed by atoms with Gasteiger partial charge in [-0.1, -0.05) is 65.0 Å². The van der Waals surface area contributed by atoms with E-state index in [1.54, 1.807) is 19.1 Å². The molecule has 150 valence electrons. The quantitative estimate of drug-likeness (QED) is 0.655. The van der Waals surface area contributed by atoms with Gasteiger partial charge in [-0.2, -0.15) is 0 Å². The van der Waals surface area contributed by atoms with E-state index in [2.05, 4.69) is 39.9 Å². The minimum absolute atomic E-state index is 0.0125. The Morgan fingerprint density at radius 3 is 2.18 bits per heavy atom. The van der Waals surface area contributed by atoms with Crippen LogP contribution in [0.4, 0.5) is 5.69 Å². The Labute approximate surface area is 168 Å². The smallest absolute Gasteiger partial charge is 0.338 e. The van der Waals surface area contributed by atoms with Crippen LogP contribution in [0, 0.1) is 0 Å². The predicted molar refractivity (Wildman–Crippen MR) is 114 cm³/mol. The highest BCUT2D eigenvalue weighted by Gasteiger charge is 2.21. The molecule has 0 spiro atoms. The van der Waals surface area contributed by atoms with Crippen molar-refractivity contribution < 1.29 is 14.3 Å². The van der Waals surface area contributed by atoms with Gasteiger partial charge in [0, 0.05) is 5.69 Å². The zero-order valence-electron chi connectivity index (χ0n) is 17.7. The molecule has 0 fully saturated rings. The number of nitrogens with one attached hydrogen (secondary N) is 1. The van der Waals surface area contributed by atoms with E-state index in [9.17, 15) is 9.59 Å². The topological polar surface area (TPSA) is 55.4 Å². The highest BCUT2D eigenvalue weighted by atomic mass is 16.5. The number of esters is 1. The van der Waals surface area contributed by atoms with Crippen LogP contribution in [0.1, 0.15) is 75.4 Å². The molecule has 0 aliphatic carbocycles. The first-order chi connectivity index (χ1) is 13.1. The molecule has 0 bridgehead atoms. The molecule has 2 rings (SSSR count). The Morgan fingerprint density at radius 1 is 1.00 bits per heavy atom. The molecular weight excluding hydrogens is 350 g/mol. The predicted octanol–water partition coefficient (Wildman–Crippen LogP) is 5.68. The first kappa shape index (κ1) is 21.7. The summed E-state index contributed by atoms with van der Waals surface area (Å²) in [6.07, 6.45) is 0.0851. The molecule has 0 heterocycles. The zero-order valence-corrected chi connectivity index (χ0v) is 17.7. The zero-order chi connectivity index (χ0) is 20.9. The molecule has 2 atom stereocenters. The standard InChI is InChI=1S/C24H31NO3/c1-7-16(2)20-10-8-9-11-21(20)25-22(26)17(3)28-23(27)18-12-14-19(15-13-18)24(4,5)6/h8-17H,7H2,1-6H3,(H,25,26)/t16-,17+/m0/s1. The third-order valence-corrected chi connectivity index (χ3v) is 5.00. The van der Waals surface area contributed by atoms with Gasteiger partial charge in [-0.3, -0.25) is 4.79 Å². The summed E-state index contributed by atoms with van der Waals surface area (Å²) in [5.74, 6) is -0.510. The minimum Gasteiger partial charge on any atom is -0.449 e. The summed E-state index contributed by atoms with van der Waals surface area (Å²) < 4.78 is 5.37. The maximum Gasteiger partial charge on any atom is 0.338 e. The largest absolute Gasteiger partial charge is 0.449 e. The normalized spacial score (nSPS) is 13.5. The highest BCUT2D eigenvalue weighted by molar-refractivity contribution is 5.97. The summed E-state index contributed by atoms with van der Waals surface area (Å²) in [7, 11) is 0. The number of carbonyl (C=O) groups excluding carboxylic acids is 2. The SMILES string of the molecule is CC[C@H](C)c1ccccc1NC(=O)[C@@H](C)OC(=O)c1ccc(C(C)(C)C)cc1. The van der Waals surface area contributed by atoms with Crippen molar-refractivity contribution in [2.24, 2.45) is 0 Å². The van der Waals surface area contributed by atoms with Gasteiger partial charge >= 0.3 is 5.97 Å². The van der Waals surface area contributed by atoms with Gasteiger partial charge in [0.1, 0.15) is 0 Å². The maximum absolute atomic E-state index is 12.5. The molecule has 1 N–H and O–H groups in total. The van der Waals surface area contributed by atoms with Crippen LogP contribution in [-0.2, 0) is 14.9 Å². The van der Waals surface area contributed by atoms with Crippen molar-refractivity contribution in [2.45, 2.75) is 65.4 Å². The summed E-state index contributed by atoms with van der Waals surface area (Å²) in [5.41, 5.74) is 3.43. The van der Waals surface area contributed by atoms with Crippen molar-refractivity contribution in [3.05, 3.63) is 65.2 Å². The van der Waals surface area contributed by atoms with Crippen LogP contribution in [0.2, 0.25) is 0 Å². The number of benzene rings is 2. The lowest BCUT2D eigenvalue weighted by Gasteiger charge is -2.19. The van der Waals surface area contributed by atoms with E-state index >= 15 is 0 Å². The van der Waals surface area contributed by atoms with Crippen molar-refractivity contribution in [2.75, 3.05) is 5.32 Å². The molecule has 0 radical (unpaired) electrons. The van der Waals surface area contributed by atoms with E-state index < -0.39 is 12.1 Å². The van der Waals surface area contributed by atoms with Gasteiger partial charge in [-0.15, -0.1) is 0 Å². The average Bonchev–Trinajstić information content (AvgIpc) is 2.67. The molecule has 1 amide bonds. The van der Waals surface area contributed by atoms with Gasteiger partial charge in [-0.25, -0.2) is 4.79 Å². The van der Waals surface area contributed by atoms with Crippen LogP contribution in [0.3, 0.4) is 0 Å². The van der Waals surface area contributed by atoms with Crippen LogP contribution in [0.5, 0.6) is 0 Å². The van der Waals surface area contributed by atoms with E-state index in [1.165, 1.54) is 0 Å². The van der Waals surface area contributed by atoms with Gasteiger partial charge in [0.2, 0.25) is 0 Å². The van der Waals surface area contributed by atoms with Crippen LogP contribution < -0.4 is 5.32 Å². The fourth-order valence-corrected chi connectivity index (χ4v) is 2.88. The number of ether oxygens (including phenoxy) is 1. The average molecular weight is 382 g/mol. The lowest BCUT2D eigenvalue weighted by Crippen LogP contribution is -2.30. The van der Waals surface area contributed by atoms with Crippen LogP contribution in [0.15, 0.2) is 48.5 Å². The molecule has 4 heteroatoms. The third kappa shape index (κ3) is 5.44. The van der Waals surface area contributed by atoms with Crippen molar-refractivity contribution in [1.29, 1.82) is 0 Å². The number of anilines is 1. The van der Waals surface area contributed by atoms with Crippen LogP contribution >= 0.6 is 0 Å². The van der Waals surface area contributed by atoms with E-state index in [0.717, 1.165) is 23.2 Å². The molecular formula is C24H31NO3. The number of hydrogen-bond donors (Lipinski definition) is 1. The van der Waals surface area contributed by atoms with Gasteiger partial charge in [0.15, 0.2) is 6.10 Å². The Hall–Kier alpha value is -2.62. The Balaban J connectivity index is 2.04. The van der Waals surface area contributed by atoms with Gasteiger partial charge in [0.25, 0.3) is 5.91 Å². The molecule has 28 heavy (non-hydrogen) atoms. The lowest BCUT2D eigenvalue weighted by molar-refractivity contribution is -0.123. The van der Waals surface area contributed by atoms with Gasteiger partial charge in [-0.05, 0) is 54.0 Å². The van der Waals surface area contributed by atoms with E-state index in [4.69, 9.17) is 4.74 Å². The summed E-state index contributed by atoms with van der Waals surface area (Å²) in [4.78, 5) is 24.9. The first-order valence-electron chi connectivity index (χ1n) is 9.84. The first-order valence-corrected chi connectivity index (χ1v) is 9.84. The minimum atomic E-state index is -0.889. The van der Waals surface area contributed by atoms with E-state index in [0.29, 0.717) is 11.5 Å². The Kier molecular flexibility index (Phi) is 7.00. The van der Waals surface area contributed by atoms with Crippen LogP contribution in [-0.4, -0.2) is 18.0 Å². The van der Waals surface area contributed by atoms with Crippen molar-refractivity contribution in [1.82, 2.24) is 0 Å². The Morgan fingerprint density at radius 2 is 1.61 bits per heavy atom. The third-order valence-electron chi connectivity index (χ3n) is 5.00. The van der Waals surface area contributed by atoms with E-state index in [-0.39, 0.29) is 11.3 Å². The second-order valence-corrected chi connectivity index (χ2v) is 8.26. The molecule has 0 saturated carbocycles. The van der Waals surface area contributed by atoms with Gasteiger partial charge in [0.05, 0.1) is 5.56 Å². The second-order valence-electron chi connectivity index (χ2n) is 8.26. The summed E-state index contributed by atoms with van der Waals surface area (Å²) in [6.45, 7) is 12.2. The van der Waals surface area contributed by atoms with Crippen LogP contribution in [0.25, 0.3) is 0 Å². The van der Waals surface area contributed by atoms with E-state index in [1.807, 2.05) is 36.4 Å². The molecule has 2 aromatic rings. The summed E-state index contributed by atoms with van der Waals surface area (Å²) >= 11 is 0. The molecule has 0 aliphatic rings. The number of amides is 1. The number of rotatable bonds is 6. The molecule has 2 aromatic carbocycles. The molecule has 0 saturated heterocycles. The maximum atomic E-state index is 12.5. The molecule has 0 aromatic heterocycles. The summed E-state index contributed by atoms with van der Waals surface area (Å²) in [5, 5.41) is 2.90. The monoisotopic (exact) mass is 381 g/mol. The van der Waals surface area contributed by atoms with Gasteiger partial charge < -0.3 is 10.1 Å². The van der Waals surface area contributed by atoms with Crippen molar-refractivity contribution >= 4 is 17.6 Å². The molecule has 4 nitrogen and oxygen atoms in total. The van der Waals surface area contributed by atoms with Crippen molar-refractivity contribution in [3.8, 4) is 0 Å². The number of para-hydroxylation sites is 1.